The summed E-state index contributed by atoms with van der Waals surface area (Å²) < 4.78 is 36.5. The number of carbonyl (C=O) groups is 2. The van der Waals surface area contributed by atoms with Gasteiger partial charge in [-0.2, -0.15) is 13.2 Å². The highest BCUT2D eigenvalue weighted by Gasteiger charge is 2.26. The van der Waals surface area contributed by atoms with Gasteiger partial charge < -0.3 is 10.4 Å². The van der Waals surface area contributed by atoms with Crippen LogP contribution in [0.15, 0.2) is 24.3 Å². The van der Waals surface area contributed by atoms with Crippen molar-refractivity contribution in [3.8, 4) is 0 Å². The fourth-order valence-corrected chi connectivity index (χ4v) is 2.27. The van der Waals surface area contributed by atoms with E-state index >= 15 is 0 Å². The molecule has 1 rings (SSSR count). The Bertz CT molecular complexity index is 553. The second-order valence-electron chi connectivity index (χ2n) is 6.19. The van der Waals surface area contributed by atoms with Crippen molar-refractivity contribution >= 4 is 11.9 Å². The lowest BCUT2D eigenvalue weighted by molar-refractivity contribution is -0.142. The van der Waals surface area contributed by atoms with Gasteiger partial charge in [-0.3, -0.25) is 9.59 Å². The van der Waals surface area contributed by atoms with E-state index in [1.807, 2.05) is 13.8 Å². The second kappa shape index (κ2) is 8.70. The predicted molar refractivity (Wildman–Crippen MR) is 83.7 cm³/mol. The Kier molecular flexibility index (Phi) is 7.25. The number of hydrogen-bond donors (Lipinski definition) is 2. The smallest absolute Gasteiger partial charge is 0.389 e. The first-order valence-electron chi connectivity index (χ1n) is 7.75. The van der Waals surface area contributed by atoms with Crippen molar-refractivity contribution in [1.29, 1.82) is 0 Å². The Balaban J connectivity index is 2.57. The van der Waals surface area contributed by atoms with Crippen molar-refractivity contribution in [3.05, 3.63) is 35.4 Å². The number of carboxylic acid groups (broad SMARTS) is 1. The maximum absolute atomic E-state index is 12.2. The first-order valence-corrected chi connectivity index (χ1v) is 7.75. The molecule has 7 heteroatoms. The average Bonchev–Trinajstić information content (AvgIpc) is 2.48. The third-order valence-electron chi connectivity index (χ3n) is 3.53. The summed E-state index contributed by atoms with van der Waals surface area (Å²) in [4.78, 5) is 23.1. The topological polar surface area (TPSA) is 66.4 Å². The lowest BCUT2D eigenvalue weighted by atomic mass is 9.97. The number of halogens is 3. The third-order valence-corrected chi connectivity index (χ3v) is 3.53. The zero-order valence-electron chi connectivity index (χ0n) is 13.7. The van der Waals surface area contributed by atoms with Crippen LogP contribution < -0.4 is 5.32 Å². The molecule has 1 aromatic rings. The summed E-state index contributed by atoms with van der Waals surface area (Å²) in [6, 6.07) is 5.84. The minimum atomic E-state index is -4.21. The lowest BCUT2D eigenvalue weighted by Gasteiger charge is -2.15. The monoisotopic (exact) mass is 345 g/mol. The van der Waals surface area contributed by atoms with E-state index in [2.05, 4.69) is 5.32 Å². The SMILES string of the molecule is CC(C)CC(CNC(=O)c1ccc(CCC(F)(F)F)cc1)C(=O)O. The maximum Gasteiger partial charge on any atom is 0.389 e. The van der Waals surface area contributed by atoms with Crippen LogP contribution in [0.4, 0.5) is 13.2 Å². The highest BCUT2D eigenvalue weighted by atomic mass is 19.4. The molecule has 0 saturated heterocycles. The van der Waals surface area contributed by atoms with Gasteiger partial charge in [0, 0.05) is 18.5 Å². The summed E-state index contributed by atoms with van der Waals surface area (Å²) in [5.74, 6) is -1.88. The number of amides is 1. The van der Waals surface area contributed by atoms with Crippen LogP contribution in [0.25, 0.3) is 0 Å². The predicted octanol–water partition coefficient (Wildman–Crippen LogP) is 3.66. The Morgan fingerprint density at radius 1 is 1.17 bits per heavy atom. The minimum absolute atomic E-state index is 0.0160. The Morgan fingerprint density at radius 2 is 1.75 bits per heavy atom. The van der Waals surface area contributed by atoms with Crippen LogP contribution in [0.2, 0.25) is 0 Å². The van der Waals surface area contributed by atoms with E-state index in [1.165, 1.54) is 24.3 Å². The van der Waals surface area contributed by atoms with Crippen LogP contribution >= 0.6 is 0 Å². The number of benzene rings is 1. The molecule has 1 atom stereocenters. The van der Waals surface area contributed by atoms with Gasteiger partial charge in [0.2, 0.25) is 0 Å². The molecule has 1 amide bonds. The molecule has 0 aliphatic carbocycles. The van der Waals surface area contributed by atoms with E-state index in [0.29, 0.717) is 17.5 Å². The normalized spacial score (nSPS) is 12.9. The number of carbonyl (C=O) groups excluding carboxylic acids is 1. The summed E-state index contributed by atoms with van der Waals surface area (Å²) in [6.07, 6.45) is -4.81. The summed E-state index contributed by atoms with van der Waals surface area (Å²) in [7, 11) is 0. The first-order chi connectivity index (χ1) is 11.1. The van der Waals surface area contributed by atoms with Crippen LogP contribution in [-0.2, 0) is 11.2 Å². The molecular formula is C17H22F3NO3. The molecular weight excluding hydrogens is 323 g/mol. The van der Waals surface area contributed by atoms with E-state index in [-0.39, 0.29) is 18.9 Å². The van der Waals surface area contributed by atoms with Crippen molar-refractivity contribution < 1.29 is 27.9 Å². The number of alkyl halides is 3. The van der Waals surface area contributed by atoms with Crippen LogP contribution in [-0.4, -0.2) is 29.7 Å². The van der Waals surface area contributed by atoms with Gasteiger partial charge in [-0.15, -0.1) is 0 Å². The lowest BCUT2D eigenvalue weighted by Crippen LogP contribution is -2.33. The van der Waals surface area contributed by atoms with Gasteiger partial charge in [-0.25, -0.2) is 0 Å². The average molecular weight is 345 g/mol. The molecule has 134 valence electrons. The standard InChI is InChI=1S/C17H22F3NO3/c1-11(2)9-14(16(23)24)10-21-15(22)13-5-3-12(4-6-13)7-8-17(18,19)20/h3-6,11,14H,7-10H2,1-2H3,(H,21,22)(H,23,24). The molecule has 0 aromatic heterocycles. The van der Waals surface area contributed by atoms with Crippen LogP contribution in [0.3, 0.4) is 0 Å². The number of carboxylic acids is 1. The van der Waals surface area contributed by atoms with Crippen molar-refractivity contribution in [1.82, 2.24) is 5.32 Å². The third kappa shape index (κ3) is 7.48. The van der Waals surface area contributed by atoms with Gasteiger partial charge in [-0.1, -0.05) is 26.0 Å². The fraction of sp³-hybridized carbons (Fsp3) is 0.529. The molecule has 1 unspecified atom stereocenters. The second-order valence-corrected chi connectivity index (χ2v) is 6.19. The van der Waals surface area contributed by atoms with E-state index in [1.54, 1.807) is 0 Å². The van der Waals surface area contributed by atoms with Crippen molar-refractivity contribution in [2.75, 3.05) is 6.54 Å². The number of rotatable bonds is 8. The van der Waals surface area contributed by atoms with Gasteiger partial charge in [0.05, 0.1) is 5.92 Å². The summed E-state index contributed by atoms with van der Waals surface area (Å²) in [5, 5.41) is 11.7. The van der Waals surface area contributed by atoms with E-state index in [0.717, 1.165) is 0 Å². The van der Waals surface area contributed by atoms with Crippen LogP contribution in [0.1, 0.15) is 42.6 Å². The molecule has 1 aromatic carbocycles. The van der Waals surface area contributed by atoms with Gasteiger partial charge in [0.25, 0.3) is 5.91 Å². The number of aliphatic carboxylic acids is 1. The van der Waals surface area contributed by atoms with Gasteiger partial charge in [-0.05, 0) is 36.5 Å². The zero-order chi connectivity index (χ0) is 18.3. The molecule has 0 radical (unpaired) electrons. The highest BCUT2D eigenvalue weighted by molar-refractivity contribution is 5.94. The van der Waals surface area contributed by atoms with Crippen LogP contribution in [0, 0.1) is 11.8 Å². The molecule has 0 heterocycles. The molecule has 0 aliphatic rings. The highest BCUT2D eigenvalue weighted by Crippen LogP contribution is 2.22. The number of nitrogens with one attached hydrogen (secondary N) is 1. The van der Waals surface area contributed by atoms with Gasteiger partial charge >= 0.3 is 12.1 Å². The summed E-state index contributed by atoms with van der Waals surface area (Å²) in [5.41, 5.74) is 0.784. The Labute approximate surface area is 139 Å². The summed E-state index contributed by atoms with van der Waals surface area (Å²) >= 11 is 0. The fourth-order valence-electron chi connectivity index (χ4n) is 2.27. The zero-order valence-corrected chi connectivity index (χ0v) is 13.7. The summed E-state index contributed by atoms with van der Waals surface area (Å²) in [6.45, 7) is 3.82. The van der Waals surface area contributed by atoms with Crippen molar-refractivity contribution in [3.63, 3.8) is 0 Å². The molecule has 0 aliphatic heterocycles. The molecule has 0 saturated carbocycles. The van der Waals surface area contributed by atoms with Crippen LogP contribution in [0.5, 0.6) is 0 Å². The quantitative estimate of drug-likeness (QED) is 0.756. The minimum Gasteiger partial charge on any atom is -0.481 e. The van der Waals surface area contributed by atoms with E-state index in [9.17, 15) is 22.8 Å². The largest absolute Gasteiger partial charge is 0.481 e. The maximum atomic E-state index is 12.2. The van der Waals surface area contributed by atoms with Gasteiger partial charge in [0.1, 0.15) is 0 Å². The number of aryl methyl sites for hydroxylation is 1. The molecule has 24 heavy (non-hydrogen) atoms. The van der Waals surface area contributed by atoms with Gasteiger partial charge in [0.15, 0.2) is 0 Å². The first kappa shape index (κ1) is 20.0. The molecule has 0 bridgehead atoms. The number of hydrogen-bond acceptors (Lipinski definition) is 2. The molecule has 0 fully saturated rings. The van der Waals surface area contributed by atoms with Crippen molar-refractivity contribution in [2.24, 2.45) is 11.8 Å². The van der Waals surface area contributed by atoms with Crippen molar-refractivity contribution in [2.45, 2.75) is 39.3 Å². The molecule has 4 nitrogen and oxygen atoms in total. The Hall–Kier alpha value is -2.05. The Morgan fingerprint density at radius 3 is 2.21 bits per heavy atom. The molecule has 0 spiro atoms. The van der Waals surface area contributed by atoms with E-state index in [4.69, 9.17) is 5.11 Å². The molecule has 2 N–H and O–H groups in total. The van der Waals surface area contributed by atoms with E-state index < -0.39 is 30.4 Å².